The molecule has 1 aromatic rings. The van der Waals surface area contributed by atoms with Crippen LogP contribution in [0.25, 0.3) is 0 Å². The Hall–Kier alpha value is -2.09. The van der Waals surface area contributed by atoms with E-state index in [-0.39, 0.29) is 24.0 Å². The molecule has 8 heteroatoms. The average Bonchev–Trinajstić information content (AvgIpc) is 3.03. The smallest absolute Gasteiger partial charge is 0.323 e. The first-order valence-corrected chi connectivity index (χ1v) is 7.73. The molecular formula is C15H24N4O4. The Balaban J connectivity index is 1.92. The van der Waals surface area contributed by atoms with Crippen LogP contribution < -0.4 is 5.32 Å². The Morgan fingerprint density at radius 1 is 1.48 bits per heavy atom. The molecule has 23 heavy (non-hydrogen) atoms. The lowest BCUT2D eigenvalue weighted by molar-refractivity contribution is -0.146. The number of ether oxygens (including phenoxy) is 2. The summed E-state index contributed by atoms with van der Waals surface area (Å²) in [4.78, 5) is 25.6. The fourth-order valence-corrected chi connectivity index (χ4v) is 2.68. The van der Waals surface area contributed by atoms with Crippen molar-refractivity contribution in [2.24, 2.45) is 5.92 Å². The number of carbonyl (C=O) groups is 2. The molecule has 1 N–H and O–H groups in total. The van der Waals surface area contributed by atoms with Crippen LogP contribution in [0.4, 0.5) is 10.6 Å². The fourth-order valence-electron chi connectivity index (χ4n) is 2.68. The molecule has 2 heterocycles. The number of nitrogens with zero attached hydrogens (tertiary/aromatic N) is 3. The summed E-state index contributed by atoms with van der Waals surface area (Å²) in [5.41, 5.74) is 0. The molecule has 0 saturated carbocycles. The molecule has 0 unspecified atom stereocenters. The number of nitrogens with one attached hydrogen (secondary N) is 1. The first kappa shape index (κ1) is 17.3. The zero-order chi connectivity index (χ0) is 16.8. The standard InChI is InChI=1S/C15H24N4O4/c1-11(10-22-2)19-8-6-13(17-19)16-15(21)18-7-4-5-12(9-18)14(20)23-3/h6,8,11-12H,4-5,7,9-10H2,1-3H3,(H,16,17,21)/t11-,12+/m0/s1. The second kappa shape index (κ2) is 7.96. The van der Waals surface area contributed by atoms with E-state index in [1.54, 1.807) is 29.0 Å². The van der Waals surface area contributed by atoms with Gasteiger partial charge in [0.25, 0.3) is 0 Å². The largest absolute Gasteiger partial charge is 0.469 e. The van der Waals surface area contributed by atoms with Gasteiger partial charge in [-0.3, -0.25) is 14.8 Å². The van der Waals surface area contributed by atoms with E-state index < -0.39 is 0 Å². The highest BCUT2D eigenvalue weighted by Gasteiger charge is 2.29. The molecule has 0 bridgehead atoms. The summed E-state index contributed by atoms with van der Waals surface area (Å²) in [6.45, 7) is 3.52. The van der Waals surface area contributed by atoms with E-state index in [9.17, 15) is 9.59 Å². The number of piperidine rings is 1. The van der Waals surface area contributed by atoms with Crippen LogP contribution >= 0.6 is 0 Å². The van der Waals surface area contributed by atoms with E-state index >= 15 is 0 Å². The number of hydrogen-bond acceptors (Lipinski definition) is 5. The molecule has 1 saturated heterocycles. The van der Waals surface area contributed by atoms with Crippen molar-refractivity contribution in [1.29, 1.82) is 0 Å². The van der Waals surface area contributed by atoms with Crippen LogP contribution in [0, 0.1) is 5.92 Å². The van der Waals surface area contributed by atoms with Crippen molar-refractivity contribution in [3.8, 4) is 0 Å². The first-order chi connectivity index (χ1) is 11.0. The van der Waals surface area contributed by atoms with Crippen LogP contribution in [0.3, 0.4) is 0 Å². The Bertz CT molecular complexity index is 545. The van der Waals surface area contributed by atoms with Gasteiger partial charge in [0.1, 0.15) is 0 Å². The van der Waals surface area contributed by atoms with E-state index in [2.05, 4.69) is 10.4 Å². The summed E-state index contributed by atoms with van der Waals surface area (Å²) in [5, 5.41) is 7.09. The molecule has 0 spiro atoms. The monoisotopic (exact) mass is 324 g/mol. The van der Waals surface area contributed by atoms with Crippen molar-refractivity contribution in [2.75, 3.05) is 39.2 Å². The van der Waals surface area contributed by atoms with Crippen LogP contribution in [-0.2, 0) is 14.3 Å². The first-order valence-electron chi connectivity index (χ1n) is 7.73. The lowest BCUT2D eigenvalue weighted by Crippen LogP contribution is -2.44. The predicted molar refractivity (Wildman–Crippen MR) is 84.1 cm³/mol. The van der Waals surface area contributed by atoms with Gasteiger partial charge in [0.15, 0.2) is 5.82 Å². The third-order valence-corrected chi connectivity index (χ3v) is 3.95. The number of esters is 1. The summed E-state index contributed by atoms with van der Waals surface area (Å²) in [6, 6.07) is 1.58. The lowest BCUT2D eigenvalue weighted by atomic mass is 9.98. The second-order valence-corrected chi connectivity index (χ2v) is 5.72. The van der Waals surface area contributed by atoms with Gasteiger partial charge in [-0.05, 0) is 19.8 Å². The average molecular weight is 324 g/mol. The molecule has 0 aliphatic carbocycles. The van der Waals surface area contributed by atoms with Gasteiger partial charge in [-0.15, -0.1) is 0 Å². The quantitative estimate of drug-likeness (QED) is 0.830. The molecule has 1 aliphatic heterocycles. The van der Waals surface area contributed by atoms with Gasteiger partial charge in [0, 0.05) is 32.5 Å². The molecule has 128 valence electrons. The van der Waals surface area contributed by atoms with E-state index in [0.29, 0.717) is 25.5 Å². The van der Waals surface area contributed by atoms with E-state index in [0.717, 1.165) is 12.8 Å². The van der Waals surface area contributed by atoms with Crippen molar-refractivity contribution >= 4 is 17.8 Å². The summed E-state index contributed by atoms with van der Waals surface area (Å²) >= 11 is 0. The third-order valence-electron chi connectivity index (χ3n) is 3.95. The Morgan fingerprint density at radius 2 is 2.26 bits per heavy atom. The minimum absolute atomic E-state index is 0.0874. The van der Waals surface area contributed by atoms with Crippen LogP contribution in [0.2, 0.25) is 0 Å². The fraction of sp³-hybridized carbons (Fsp3) is 0.667. The lowest BCUT2D eigenvalue weighted by Gasteiger charge is -2.31. The minimum atomic E-state index is -0.264. The van der Waals surface area contributed by atoms with Crippen LogP contribution in [0.1, 0.15) is 25.8 Å². The highest BCUT2D eigenvalue weighted by molar-refractivity contribution is 5.88. The van der Waals surface area contributed by atoms with Crippen molar-refractivity contribution in [3.63, 3.8) is 0 Å². The van der Waals surface area contributed by atoms with Gasteiger partial charge in [-0.25, -0.2) is 4.79 Å². The molecule has 2 amide bonds. The molecular weight excluding hydrogens is 300 g/mol. The summed E-state index contributed by atoms with van der Waals surface area (Å²) in [5.74, 6) is -0.0305. The summed E-state index contributed by atoms with van der Waals surface area (Å²) < 4.78 is 11.6. The van der Waals surface area contributed by atoms with Crippen molar-refractivity contribution in [2.45, 2.75) is 25.8 Å². The summed E-state index contributed by atoms with van der Waals surface area (Å²) in [6.07, 6.45) is 3.33. The normalized spacial score (nSPS) is 19.3. The maximum atomic E-state index is 12.3. The number of anilines is 1. The minimum Gasteiger partial charge on any atom is -0.469 e. The number of rotatable bonds is 5. The van der Waals surface area contributed by atoms with Gasteiger partial charge >= 0.3 is 12.0 Å². The van der Waals surface area contributed by atoms with Crippen molar-refractivity contribution < 1.29 is 19.1 Å². The van der Waals surface area contributed by atoms with Crippen LogP contribution in [-0.4, -0.2) is 60.6 Å². The number of amides is 2. The van der Waals surface area contributed by atoms with Gasteiger partial charge < -0.3 is 14.4 Å². The number of hydrogen-bond donors (Lipinski definition) is 1. The van der Waals surface area contributed by atoms with Crippen LogP contribution in [0.5, 0.6) is 0 Å². The highest BCUT2D eigenvalue weighted by atomic mass is 16.5. The molecule has 2 atom stereocenters. The van der Waals surface area contributed by atoms with Gasteiger partial charge in [0.05, 0.1) is 25.7 Å². The van der Waals surface area contributed by atoms with Crippen molar-refractivity contribution in [1.82, 2.24) is 14.7 Å². The molecule has 0 aromatic carbocycles. The number of urea groups is 1. The molecule has 8 nitrogen and oxygen atoms in total. The maximum absolute atomic E-state index is 12.3. The second-order valence-electron chi connectivity index (χ2n) is 5.72. The predicted octanol–water partition coefficient (Wildman–Crippen LogP) is 1.51. The number of methoxy groups -OCH3 is 2. The van der Waals surface area contributed by atoms with Crippen LogP contribution in [0.15, 0.2) is 12.3 Å². The van der Waals surface area contributed by atoms with Crippen molar-refractivity contribution in [3.05, 3.63) is 12.3 Å². The molecule has 2 rings (SSSR count). The Morgan fingerprint density at radius 3 is 2.96 bits per heavy atom. The van der Waals surface area contributed by atoms with E-state index in [1.807, 2.05) is 6.92 Å². The topological polar surface area (TPSA) is 85.7 Å². The summed E-state index contributed by atoms with van der Waals surface area (Å²) in [7, 11) is 3.01. The maximum Gasteiger partial charge on any atom is 0.323 e. The molecule has 1 aromatic heterocycles. The molecule has 0 radical (unpaired) electrons. The Labute approximate surface area is 135 Å². The third kappa shape index (κ3) is 4.44. The zero-order valence-corrected chi connectivity index (χ0v) is 13.8. The van der Waals surface area contributed by atoms with E-state index in [1.165, 1.54) is 7.11 Å². The van der Waals surface area contributed by atoms with Gasteiger partial charge in [-0.1, -0.05) is 0 Å². The van der Waals surface area contributed by atoms with E-state index in [4.69, 9.17) is 9.47 Å². The zero-order valence-electron chi connectivity index (χ0n) is 13.8. The van der Waals surface area contributed by atoms with Gasteiger partial charge in [-0.2, -0.15) is 5.10 Å². The number of aromatic nitrogens is 2. The Kier molecular flexibility index (Phi) is 5.97. The highest BCUT2D eigenvalue weighted by Crippen LogP contribution is 2.19. The van der Waals surface area contributed by atoms with Gasteiger partial charge in [0.2, 0.25) is 0 Å². The number of likely N-dealkylation sites (tertiary alicyclic amines) is 1. The molecule has 1 aliphatic rings. The molecule has 1 fully saturated rings. The SMILES string of the molecule is COC[C@H](C)n1ccc(NC(=O)N2CCC[C@@H](C(=O)OC)C2)n1. The number of carbonyl (C=O) groups excluding carboxylic acids is 2.